The highest BCUT2D eigenvalue weighted by Crippen LogP contribution is 2.16. The zero-order valence-electron chi connectivity index (χ0n) is 16.2. The van der Waals surface area contributed by atoms with E-state index in [4.69, 9.17) is 4.74 Å². The quantitative estimate of drug-likeness (QED) is 0.793. The van der Waals surface area contributed by atoms with Crippen molar-refractivity contribution in [2.45, 2.75) is 32.7 Å². The molecule has 0 N–H and O–H groups in total. The zero-order chi connectivity index (χ0) is 18.3. The van der Waals surface area contributed by atoms with Crippen LogP contribution in [-0.4, -0.2) is 79.3 Å². The first-order chi connectivity index (χ1) is 11.9. The summed E-state index contributed by atoms with van der Waals surface area (Å²) >= 11 is 0. The number of carbonyl (C=O) groups excluding carboxylic acids is 1. The lowest BCUT2D eigenvalue weighted by atomic mass is 10.1. The van der Waals surface area contributed by atoms with E-state index in [-0.39, 0.29) is 11.6 Å². The van der Waals surface area contributed by atoms with Crippen LogP contribution < -0.4 is 0 Å². The third-order valence-corrected chi connectivity index (χ3v) is 4.73. The Morgan fingerprint density at radius 3 is 2.36 bits per heavy atom. The van der Waals surface area contributed by atoms with Crippen molar-refractivity contribution in [2.75, 3.05) is 52.9 Å². The van der Waals surface area contributed by atoms with Crippen molar-refractivity contribution in [3.05, 3.63) is 35.9 Å². The van der Waals surface area contributed by atoms with Crippen molar-refractivity contribution >= 4 is 6.09 Å². The maximum absolute atomic E-state index is 12.6. The van der Waals surface area contributed by atoms with E-state index in [9.17, 15) is 4.79 Å². The summed E-state index contributed by atoms with van der Waals surface area (Å²) in [6.07, 6.45) is 0.628. The Kier molecular flexibility index (Phi) is 7.26. The van der Waals surface area contributed by atoms with Crippen molar-refractivity contribution in [2.24, 2.45) is 0 Å². The fourth-order valence-electron chi connectivity index (χ4n) is 3.00. The predicted octanol–water partition coefficient (Wildman–Crippen LogP) is 2.71. The molecule has 1 saturated heterocycles. The fraction of sp³-hybridized carbons (Fsp3) is 0.650. The molecular formula is C20H33N3O2. The standard InChI is InChI=1S/C20H33N3O2/c1-20(2,3)23(11-10-18-8-6-5-7-9-18)19(24)25-17-16-22-14-12-21(4)13-15-22/h5-9H,10-17H2,1-4H3. The van der Waals surface area contributed by atoms with Crippen LogP contribution >= 0.6 is 0 Å². The molecule has 1 aromatic rings. The molecule has 0 unspecified atom stereocenters. The van der Waals surface area contributed by atoms with Crippen LogP contribution in [0.4, 0.5) is 4.79 Å². The van der Waals surface area contributed by atoms with Gasteiger partial charge in [0.15, 0.2) is 0 Å². The van der Waals surface area contributed by atoms with Crippen LogP contribution in [0.3, 0.4) is 0 Å². The third-order valence-electron chi connectivity index (χ3n) is 4.73. The molecule has 0 saturated carbocycles. The van der Waals surface area contributed by atoms with Gasteiger partial charge in [0.05, 0.1) is 0 Å². The Morgan fingerprint density at radius 2 is 1.76 bits per heavy atom. The average molecular weight is 348 g/mol. The largest absolute Gasteiger partial charge is 0.448 e. The molecule has 5 nitrogen and oxygen atoms in total. The van der Waals surface area contributed by atoms with Gasteiger partial charge >= 0.3 is 6.09 Å². The van der Waals surface area contributed by atoms with Gasteiger partial charge in [-0.15, -0.1) is 0 Å². The number of rotatable bonds is 6. The lowest BCUT2D eigenvalue weighted by Gasteiger charge is -2.35. The molecule has 1 fully saturated rings. The first-order valence-electron chi connectivity index (χ1n) is 9.25. The molecule has 0 aliphatic carbocycles. The Hall–Kier alpha value is -1.59. The number of ether oxygens (including phenoxy) is 1. The predicted molar refractivity (Wildman–Crippen MR) is 102 cm³/mol. The first kappa shape index (κ1) is 19.7. The van der Waals surface area contributed by atoms with Crippen molar-refractivity contribution < 1.29 is 9.53 Å². The molecule has 1 heterocycles. The highest BCUT2D eigenvalue weighted by Gasteiger charge is 2.27. The average Bonchev–Trinajstić information content (AvgIpc) is 2.56. The van der Waals surface area contributed by atoms with Gasteiger partial charge in [-0.3, -0.25) is 4.90 Å². The second-order valence-electron chi connectivity index (χ2n) is 7.82. The van der Waals surface area contributed by atoms with E-state index >= 15 is 0 Å². The number of benzene rings is 1. The summed E-state index contributed by atoms with van der Waals surface area (Å²) in [6, 6.07) is 10.3. The Labute approximate surface area is 152 Å². The summed E-state index contributed by atoms with van der Waals surface area (Å²) < 4.78 is 5.58. The molecule has 0 aromatic heterocycles. The SMILES string of the molecule is CN1CCN(CCOC(=O)N(CCc2ccccc2)C(C)(C)C)CC1. The molecule has 2 rings (SSSR count). The van der Waals surface area contributed by atoms with Gasteiger partial charge in [0.25, 0.3) is 0 Å². The van der Waals surface area contributed by atoms with E-state index in [2.05, 4.69) is 49.8 Å². The summed E-state index contributed by atoms with van der Waals surface area (Å²) in [4.78, 5) is 19.1. The van der Waals surface area contributed by atoms with Crippen LogP contribution in [0.2, 0.25) is 0 Å². The number of amides is 1. The minimum absolute atomic E-state index is 0.211. The third kappa shape index (κ3) is 6.67. The van der Waals surface area contributed by atoms with Crippen LogP contribution in [0.15, 0.2) is 30.3 Å². The molecule has 1 aromatic carbocycles. The van der Waals surface area contributed by atoms with E-state index in [1.165, 1.54) is 5.56 Å². The smallest absolute Gasteiger partial charge is 0.410 e. The molecular weight excluding hydrogens is 314 g/mol. The van der Waals surface area contributed by atoms with Crippen LogP contribution in [0.1, 0.15) is 26.3 Å². The molecule has 0 bridgehead atoms. The van der Waals surface area contributed by atoms with Gasteiger partial charge in [0.2, 0.25) is 0 Å². The molecule has 1 amide bonds. The van der Waals surface area contributed by atoms with Crippen molar-refractivity contribution in [3.63, 3.8) is 0 Å². The maximum Gasteiger partial charge on any atom is 0.410 e. The van der Waals surface area contributed by atoms with Crippen LogP contribution in [0.25, 0.3) is 0 Å². The first-order valence-corrected chi connectivity index (χ1v) is 9.25. The molecule has 1 aliphatic rings. The van der Waals surface area contributed by atoms with Crippen LogP contribution in [0.5, 0.6) is 0 Å². The van der Waals surface area contributed by atoms with Gasteiger partial charge < -0.3 is 14.5 Å². The molecule has 5 heteroatoms. The van der Waals surface area contributed by atoms with Crippen LogP contribution in [-0.2, 0) is 11.2 Å². The summed E-state index contributed by atoms with van der Waals surface area (Å²) in [5, 5.41) is 0. The molecule has 0 atom stereocenters. The van der Waals surface area contributed by atoms with Gasteiger partial charge in [-0.25, -0.2) is 4.79 Å². The van der Waals surface area contributed by atoms with Gasteiger partial charge in [0, 0.05) is 44.8 Å². The van der Waals surface area contributed by atoms with Crippen molar-refractivity contribution in [3.8, 4) is 0 Å². The lowest BCUT2D eigenvalue weighted by Crippen LogP contribution is -2.48. The van der Waals surface area contributed by atoms with E-state index in [0.717, 1.165) is 39.1 Å². The lowest BCUT2D eigenvalue weighted by molar-refractivity contribution is 0.0552. The van der Waals surface area contributed by atoms with Gasteiger partial charge in [-0.05, 0) is 39.8 Å². The second-order valence-corrected chi connectivity index (χ2v) is 7.82. The number of likely N-dealkylation sites (N-methyl/N-ethyl adjacent to an activating group) is 1. The zero-order valence-corrected chi connectivity index (χ0v) is 16.2. The number of hydrogen-bond acceptors (Lipinski definition) is 4. The van der Waals surface area contributed by atoms with E-state index in [1.807, 2.05) is 23.1 Å². The summed E-state index contributed by atoms with van der Waals surface area (Å²) in [6.45, 7) is 12.4. The monoisotopic (exact) mass is 347 g/mol. The second kappa shape index (κ2) is 9.20. The Balaban J connectivity index is 1.79. The minimum Gasteiger partial charge on any atom is -0.448 e. The number of carbonyl (C=O) groups is 1. The topological polar surface area (TPSA) is 36.0 Å². The summed E-state index contributed by atoms with van der Waals surface area (Å²) in [5.74, 6) is 0. The number of nitrogens with zero attached hydrogens (tertiary/aromatic N) is 3. The summed E-state index contributed by atoms with van der Waals surface area (Å²) in [7, 11) is 2.14. The molecule has 140 valence electrons. The highest BCUT2D eigenvalue weighted by atomic mass is 16.6. The van der Waals surface area contributed by atoms with Crippen molar-refractivity contribution in [1.29, 1.82) is 0 Å². The van der Waals surface area contributed by atoms with Crippen molar-refractivity contribution in [1.82, 2.24) is 14.7 Å². The molecule has 25 heavy (non-hydrogen) atoms. The van der Waals surface area contributed by atoms with Gasteiger partial charge in [-0.2, -0.15) is 0 Å². The maximum atomic E-state index is 12.6. The Morgan fingerprint density at radius 1 is 1.12 bits per heavy atom. The number of piperazine rings is 1. The van der Waals surface area contributed by atoms with E-state index < -0.39 is 0 Å². The molecule has 0 spiro atoms. The van der Waals surface area contributed by atoms with E-state index in [1.54, 1.807) is 0 Å². The number of hydrogen-bond donors (Lipinski definition) is 0. The molecule has 0 radical (unpaired) electrons. The van der Waals surface area contributed by atoms with Gasteiger partial charge in [0.1, 0.15) is 6.61 Å². The summed E-state index contributed by atoms with van der Waals surface area (Å²) in [5.41, 5.74) is 0.988. The fourth-order valence-corrected chi connectivity index (χ4v) is 3.00. The minimum atomic E-state index is -0.250. The highest BCUT2D eigenvalue weighted by molar-refractivity contribution is 5.68. The van der Waals surface area contributed by atoms with Gasteiger partial charge in [-0.1, -0.05) is 30.3 Å². The molecule has 1 aliphatic heterocycles. The van der Waals surface area contributed by atoms with Crippen LogP contribution in [0, 0.1) is 0 Å². The Bertz CT molecular complexity index is 519. The normalized spacial score (nSPS) is 16.6. The van der Waals surface area contributed by atoms with E-state index in [0.29, 0.717) is 13.2 Å².